The molecule has 0 bridgehead atoms. The Bertz CT molecular complexity index is 717. The number of ether oxygens (including phenoxy) is 1. The highest BCUT2D eigenvalue weighted by Gasteiger charge is 2.20. The Kier molecular flexibility index (Phi) is 4.08. The first-order valence-electron chi connectivity index (χ1n) is 6.47. The highest BCUT2D eigenvalue weighted by molar-refractivity contribution is 6.15. The van der Waals surface area contributed by atoms with Crippen LogP contribution in [0.2, 0.25) is 0 Å². The fourth-order valence-electron chi connectivity index (χ4n) is 2.16. The maximum absolute atomic E-state index is 12.6. The lowest BCUT2D eigenvalue weighted by atomic mass is 9.95. The van der Waals surface area contributed by atoms with Gasteiger partial charge in [-0.3, -0.25) is 4.79 Å². The average molecular weight is 284 g/mol. The number of hydrogen-bond donors (Lipinski definition) is 1. The van der Waals surface area contributed by atoms with Crippen LogP contribution in [0.5, 0.6) is 5.75 Å². The molecular weight excluding hydrogens is 268 g/mol. The van der Waals surface area contributed by atoms with Crippen molar-refractivity contribution in [3.63, 3.8) is 0 Å². The number of ketones is 1. The third-order valence-corrected chi connectivity index (χ3v) is 3.25. The van der Waals surface area contributed by atoms with Crippen molar-refractivity contribution in [3.8, 4) is 5.75 Å². The van der Waals surface area contributed by atoms with Gasteiger partial charge in [-0.05, 0) is 43.7 Å². The predicted molar refractivity (Wildman–Crippen MR) is 79.3 cm³/mol. The molecule has 108 valence electrons. The number of benzene rings is 2. The number of hydrogen-bond acceptors (Lipinski definition) is 3. The van der Waals surface area contributed by atoms with Crippen LogP contribution in [0, 0.1) is 13.8 Å². The third kappa shape index (κ3) is 2.94. The fraction of sp³-hybridized carbons (Fsp3) is 0.176. The zero-order chi connectivity index (χ0) is 15.6. The summed E-state index contributed by atoms with van der Waals surface area (Å²) < 4.78 is 5.22. The minimum atomic E-state index is -1.12. The van der Waals surface area contributed by atoms with E-state index in [1.165, 1.54) is 13.2 Å². The van der Waals surface area contributed by atoms with Gasteiger partial charge in [0.1, 0.15) is 5.75 Å². The van der Waals surface area contributed by atoms with Crippen molar-refractivity contribution in [1.82, 2.24) is 0 Å². The molecule has 0 fully saturated rings. The molecule has 4 heteroatoms. The van der Waals surface area contributed by atoms with Crippen LogP contribution < -0.4 is 4.74 Å². The Balaban J connectivity index is 2.58. The SMILES string of the molecule is COc1cc(C)ccc1C(=O)c1ccc(C)cc1C(=O)O. The van der Waals surface area contributed by atoms with Gasteiger partial charge in [0.2, 0.25) is 0 Å². The largest absolute Gasteiger partial charge is 0.496 e. The standard InChI is InChI=1S/C17H16O4/c1-10-4-6-12(14(8-10)17(19)20)16(18)13-7-5-11(2)9-15(13)21-3/h4-9H,1-3H3,(H,19,20). The second-order valence-corrected chi connectivity index (χ2v) is 4.89. The second kappa shape index (κ2) is 5.79. The van der Waals surface area contributed by atoms with Crippen LogP contribution in [0.15, 0.2) is 36.4 Å². The van der Waals surface area contributed by atoms with Crippen molar-refractivity contribution < 1.29 is 19.4 Å². The topological polar surface area (TPSA) is 63.6 Å². The van der Waals surface area contributed by atoms with E-state index in [1.807, 2.05) is 6.92 Å². The summed E-state index contributed by atoms with van der Waals surface area (Å²) in [5.74, 6) is -1.03. The van der Waals surface area contributed by atoms with Gasteiger partial charge in [-0.15, -0.1) is 0 Å². The zero-order valence-corrected chi connectivity index (χ0v) is 12.1. The second-order valence-electron chi connectivity index (χ2n) is 4.89. The molecule has 0 aromatic heterocycles. The first kappa shape index (κ1) is 14.8. The van der Waals surface area contributed by atoms with Crippen LogP contribution in [0.25, 0.3) is 0 Å². The van der Waals surface area contributed by atoms with Crippen molar-refractivity contribution in [1.29, 1.82) is 0 Å². The molecule has 4 nitrogen and oxygen atoms in total. The molecule has 0 atom stereocenters. The van der Waals surface area contributed by atoms with Crippen LogP contribution in [0.1, 0.15) is 37.4 Å². The third-order valence-electron chi connectivity index (χ3n) is 3.25. The minimum Gasteiger partial charge on any atom is -0.496 e. The summed E-state index contributed by atoms with van der Waals surface area (Å²) in [5, 5.41) is 9.27. The first-order valence-corrected chi connectivity index (χ1v) is 6.47. The van der Waals surface area contributed by atoms with Crippen molar-refractivity contribution in [3.05, 3.63) is 64.2 Å². The van der Waals surface area contributed by atoms with E-state index < -0.39 is 5.97 Å². The molecule has 0 heterocycles. The molecule has 0 aliphatic rings. The Morgan fingerprint density at radius 3 is 2.05 bits per heavy atom. The molecule has 0 aliphatic carbocycles. The number of carboxylic acid groups (broad SMARTS) is 1. The summed E-state index contributed by atoms with van der Waals surface area (Å²) in [7, 11) is 1.48. The van der Waals surface area contributed by atoms with Gasteiger partial charge in [-0.1, -0.05) is 17.7 Å². The zero-order valence-electron chi connectivity index (χ0n) is 12.1. The van der Waals surface area contributed by atoms with Gasteiger partial charge in [0, 0.05) is 5.56 Å². The Labute approximate surface area is 123 Å². The molecule has 0 saturated heterocycles. The number of carboxylic acids is 1. The van der Waals surface area contributed by atoms with E-state index in [-0.39, 0.29) is 16.9 Å². The van der Waals surface area contributed by atoms with Gasteiger partial charge in [0.25, 0.3) is 0 Å². The van der Waals surface area contributed by atoms with Crippen molar-refractivity contribution >= 4 is 11.8 Å². The van der Waals surface area contributed by atoms with Gasteiger partial charge < -0.3 is 9.84 Å². The minimum absolute atomic E-state index is 0.00243. The Morgan fingerprint density at radius 1 is 0.905 bits per heavy atom. The molecule has 0 radical (unpaired) electrons. The summed E-state index contributed by atoms with van der Waals surface area (Å²) in [4.78, 5) is 24.0. The van der Waals surface area contributed by atoms with E-state index in [1.54, 1.807) is 37.3 Å². The molecule has 1 N–H and O–H groups in total. The number of carbonyl (C=O) groups is 2. The van der Waals surface area contributed by atoms with Crippen molar-refractivity contribution in [2.24, 2.45) is 0 Å². The average Bonchev–Trinajstić information content (AvgIpc) is 2.46. The number of aryl methyl sites for hydroxylation is 2. The van der Waals surface area contributed by atoms with Gasteiger partial charge in [-0.25, -0.2) is 4.79 Å². The summed E-state index contributed by atoms with van der Waals surface area (Å²) in [6.07, 6.45) is 0. The van der Waals surface area contributed by atoms with E-state index in [0.29, 0.717) is 11.3 Å². The van der Waals surface area contributed by atoms with Gasteiger partial charge >= 0.3 is 5.97 Å². The lowest BCUT2D eigenvalue weighted by molar-refractivity contribution is 0.0692. The molecule has 2 aromatic rings. The van der Waals surface area contributed by atoms with Gasteiger partial charge in [0.05, 0.1) is 18.2 Å². The summed E-state index contributed by atoms with van der Waals surface area (Å²) >= 11 is 0. The van der Waals surface area contributed by atoms with Crippen LogP contribution in [-0.4, -0.2) is 24.0 Å². The van der Waals surface area contributed by atoms with Gasteiger partial charge in [-0.2, -0.15) is 0 Å². The highest BCUT2D eigenvalue weighted by atomic mass is 16.5. The molecule has 0 amide bonds. The monoisotopic (exact) mass is 284 g/mol. The number of rotatable bonds is 4. The molecule has 21 heavy (non-hydrogen) atoms. The van der Waals surface area contributed by atoms with Crippen LogP contribution in [0.4, 0.5) is 0 Å². The molecule has 0 spiro atoms. The summed E-state index contributed by atoms with van der Waals surface area (Å²) in [6, 6.07) is 9.96. The van der Waals surface area contributed by atoms with Crippen LogP contribution >= 0.6 is 0 Å². The van der Waals surface area contributed by atoms with Gasteiger partial charge in [0.15, 0.2) is 5.78 Å². The quantitative estimate of drug-likeness (QED) is 0.875. The molecular formula is C17H16O4. The number of carbonyl (C=O) groups excluding carboxylic acids is 1. The lowest BCUT2D eigenvalue weighted by Crippen LogP contribution is -2.11. The maximum Gasteiger partial charge on any atom is 0.336 e. The van der Waals surface area contributed by atoms with Crippen molar-refractivity contribution in [2.45, 2.75) is 13.8 Å². The smallest absolute Gasteiger partial charge is 0.336 e. The highest BCUT2D eigenvalue weighted by Crippen LogP contribution is 2.25. The molecule has 0 aliphatic heterocycles. The van der Waals surface area contributed by atoms with E-state index in [9.17, 15) is 14.7 Å². The Morgan fingerprint density at radius 2 is 1.48 bits per heavy atom. The van der Waals surface area contributed by atoms with E-state index in [4.69, 9.17) is 4.74 Å². The molecule has 2 aromatic carbocycles. The van der Waals surface area contributed by atoms with Crippen molar-refractivity contribution in [2.75, 3.05) is 7.11 Å². The predicted octanol–water partition coefficient (Wildman–Crippen LogP) is 3.24. The molecule has 2 rings (SSSR count). The van der Waals surface area contributed by atoms with E-state index >= 15 is 0 Å². The maximum atomic E-state index is 12.6. The molecule has 0 unspecified atom stereocenters. The van der Waals surface area contributed by atoms with E-state index in [2.05, 4.69) is 0 Å². The Hall–Kier alpha value is -2.62. The van der Waals surface area contributed by atoms with E-state index in [0.717, 1.165) is 11.1 Å². The summed E-state index contributed by atoms with van der Waals surface area (Å²) in [6.45, 7) is 3.68. The number of aromatic carboxylic acids is 1. The summed E-state index contributed by atoms with van der Waals surface area (Å²) in [5.41, 5.74) is 2.28. The van der Waals surface area contributed by atoms with Crippen LogP contribution in [0.3, 0.4) is 0 Å². The fourth-order valence-corrected chi connectivity index (χ4v) is 2.16. The first-order chi connectivity index (χ1) is 9.93. The van der Waals surface area contributed by atoms with Crippen LogP contribution in [-0.2, 0) is 0 Å². The normalized spacial score (nSPS) is 10.2. The molecule has 0 saturated carbocycles. The lowest BCUT2D eigenvalue weighted by Gasteiger charge is -2.11. The number of methoxy groups -OCH3 is 1.